The van der Waals surface area contributed by atoms with Gasteiger partial charge in [0, 0.05) is 19.2 Å². The Kier molecular flexibility index (Phi) is 8.81. The van der Waals surface area contributed by atoms with E-state index in [0.29, 0.717) is 12.2 Å². The number of ether oxygens (including phenoxy) is 1. The van der Waals surface area contributed by atoms with Gasteiger partial charge in [-0.25, -0.2) is 0 Å². The van der Waals surface area contributed by atoms with Gasteiger partial charge in [0.25, 0.3) is 5.91 Å². The minimum absolute atomic E-state index is 0.171. The highest BCUT2D eigenvalue weighted by atomic mass is 16.5. The van der Waals surface area contributed by atoms with Crippen LogP contribution in [0, 0.1) is 0 Å². The molecule has 3 aromatic carbocycles. The molecule has 0 radical (unpaired) electrons. The van der Waals surface area contributed by atoms with Gasteiger partial charge in [-0.05, 0) is 35.4 Å². The van der Waals surface area contributed by atoms with Gasteiger partial charge >= 0.3 is 0 Å². The standard InChI is InChI=1S/C30H29N3O3/c34-29(23-36-27-17-8-3-9-18-27)33(22-25-14-6-2-7-15-25)28(20-24-12-4-1-5-13-24)30(35)32-21-26-16-10-11-19-31-26/h1-19,28H,20-23H2,(H,32,35)/t28-/m1/s1. The van der Waals surface area contributed by atoms with E-state index in [1.54, 1.807) is 23.2 Å². The molecule has 36 heavy (non-hydrogen) atoms. The van der Waals surface area contributed by atoms with Crippen molar-refractivity contribution in [2.24, 2.45) is 0 Å². The van der Waals surface area contributed by atoms with Gasteiger partial charge in [-0.2, -0.15) is 0 Å². The fourth-order valence-corrected chi connectivity index (χ4v) is 3.88. The number of benzene rings is 3. The van der Waals surface area contributed by atoms with E-state index < -0.39 is 6.04 Å². The van der Waals surface area contributed by atoms with Crippen LogP contribution < -0.4 is 10.1 Å². The number of nitrogens with one attached hydrogen (secondary N) is 1. The Bertz CT molecular complexity index is 1120. The van der Waals surface area contributed by atoms with E-state index in [2.05, 4.69) is 10.3 Å². The van der Waals surface area contributed by atoms with E-state index in [-0.39, 0.29) is 31.5 Å². The predicted molar refractivity (Wildman–Crippen MR) is 139 cm³/mol. The molecule has 0 fully saturated rings. The molecule has 0 aliphatic heterocycles. The van der Waals surface area contributed by atoms with Crippen LogP contribution in [0.25, 0.3) is 0 Å². The zero-order valence-corrected chi connectivity index (χ0v) is 20.0. The van der Waals surface area contributed by atoms with Crippen LogP contribution in [-0.2, 0) is 29.1 Å². The van der Waals surface area contributed by atoms with E-state index in [4.69, 9.17) is 4.74 Å². The van der Waals surface area contributed by atoms with Crippen molar-refractivity contribution in [3.05, 3.63) is 132 Å². The Morgan fingerprint density at radius 2 is 1.39 bits per heavy atom. The molecule has 1 N–H and O–H groups in total. The Balaban J connectivity index is 1.59. The van der Waals surface area contributed by atoms with Crippen LogP contribution in [0.15, 0.2) is 115 Å². The average Bonchev–Trinajstić information content (AvgIpc) is 2.94. The third-order valence-corrected chi connectivity index (χ3v) is 5.74. The van der Waals surface area contributed by atoms with Crippen molar-refractivity contribution in [1.29, 1.82) is 0 Å². The number of hydrogen-bond donors (Lipinski definition) is 1. The van der Waals surface area contributed by atoms with E-state index in [9.17, 15) is 9.59 Å². The first kappa shape index (κ1) is 24.7. The molecule has 0 spiro atoms. The van der Waals surface area contributed by atoms with Crippen LogP contribution in [0.2, 0.25) is 0 Å². The zero-order valence-electron chi connectivity index (χ0n) is 20.0. The van der Waals surface area contributed by atoms with Gasteiger partial charge in [0.15, 0.2) is 6.61 Å². The van der Waals surface area contributed by atoms with Crippen molar-refractivity contribution in [2.75, 3.05) is 6.61 Å². The van der Waals surface area contributed by atoms with Crippen LogP contribution in [0.5, 0.6) is 5.75 Å². The fraction of sp³-hybridized carbons (Fsp3) is 0.167. The Labute approximate surface area is 211 Å². The lowest BCUT2D eigenvalue weighted by Gasteiger charge is -2.31. The molecule has 1 heterocycles. The van der Waals surface area contributed by atoms with E-state index in [0.717, 1.165) is 16.8 Å². The second kappa shape index (κ2) is 12.9. The highest BCUT2D eigenvalue weighted by molar-refractivity contribution is 5.88. The Morgan fingerprint density at radius 3 is 2.03 bits per heavy atom. The predicted octanol–water partition coefficient (Wildman–Crippen LogP) is 4.42. The van der Waals surface area contributed by atoms with Gasteiger partial charge in [0.05, 0.1) is 12.2 Å². The van der Waals surface area contributed by atoms with Crippen molar-refractivity contribution in [2.45, 2.75) is 25.6 Å². The van der Waals surface area contributed by atoms with Gasteiger partial charge in [-0.15, -0.1) is 0 Å². The lowest BCUT2D eigenvalue weighted by Crippen LogP contribution is -2.51. The summed E-state index contributed by atoms with van der Waals surface area (Å²) in [5.74, 6) is 0.0924. The third kappa shape index (κ3) is 7.27. The molecule has 6 heteroatoms. The zero-order chi connectivity index (χ0) is 25.0. The number of nitrogens with zero attached hydrogens (tertiary/aromatic N) is 2. The summed E-state index contributed by atoms with van der Waals surface area (Å²) in [6, 6.07) is 33.4. The van der Waals surface area contributed by atoms with Crippen molar-refractivity contribution >= 4 is 11.8 Å². The van der Waals surface area contributed by atoms with Gasteiger partial charge in [0.2, 0.25) is 5.91 Å². The van der Waals surface area contributed by atoms with Crippen LogP contribution in [0.3, 0.4) is 0 Å². The van der Waals surface area contributed by atoms with Crippen LogP contribution in [-0.4, -0.2) is 34.3 Å². The second-order valence-electron chi connectivity index (χ2n) is 8.35. The minimum atomic E-state index is -0.733. The second-order valence-corrected chi connectivity index (χ2v) is 8.35. The molecule has 0 saturated heterocycles. The van der Waals surface area contributed by atoms with E-state index >= 15 is 0 Å². The molecule has 6 nitrogen and oxygen atoms in total. The molecule has 0 aliphatic rings. The SMILES string of the molecule is O=C(NCc1ccccn1)[C@@H](Cc1ccccc1)N(Cc1ccccc1)C(=O)COc1ccccc1. The molecule has 4 aromatic rings. The Morgan fingerprint density at radius 1 is 0.778 bits per heavy atom. The summed E-state index contributed by atoms with van der Waals surface area (Å²) in [4.78, 5) is 33.0. The lowest BCUT2D eigenvalue weighted by atomic mass is 10.0. The molecule has 0 saturated carbocycles. The maximum absolute atomic E-state index is 13.6. The molecule has 1 aromatic heterocycles. The highest BCUT2D eigenvalue weighted by Gasteiger charge is 2.30. The summed E-state index contributed by atoms with van der Waals surface area (Å²) in [7, 11) is 0. The molecular weight excluding hydrogens is 450 g/mol. The van der Waals surface area contributed by atoms with Gasteiger partial charge in [-0.3, -0.25) is 14.6 Å². The number of amides is 2. The monoisotopic (exact) mass is 479 g/mol. The summed E-state index contributed by atoms with van der Waals surface area (Å²) in [6.45, 7) is 0.390. The van der Waals surface area contributed by atoms with Crippen LogP contribution in [0.1, 0.15) is 16.8 Å². The fourth-order valence-electron chi connectivity index (χ4n) is 3.88. The molecule has 0 aliphatic carbocycles. The first-order chi connectivity index (χ1) is 17.7. The van der Waals surface area contributed by atoms with E-state index in [1.165, 1.54) is 0 Å². The quantitative estimate of drug-likeness (QED) is 0.346. The minimum Gasteiger partial charge on any atom is -0.484 e. The average molecular weight is 480 g/mol. The Hall–Kier alpha value is -4.45. The number of aromatic nitrogens is 1. The molecule has 1 atom stereocenters. The maximum atomic E-state index is 13.6. The molecule has 2 amide bonds. The van der Waals surface area contributed by atoms with Crippen molar-refractivity contribution < 1.29 is 14.3 Å². The van der Waals surface area contributed by atoms with E-state index in [1.807, 2.05) is 97.1 Å². The lowest BCUT2D eigenvalue weighted by molar-refractivity contribution is -0.142. The molecule has 0 unspecified atom stereocenters. The maximum Gasteiger partial charge on any atom is 0.261 e. The summed E-state index contributed by atoms with van der Waals surface area (Å²) in [5, 5.41) is 2.98. The number of para-hydroxylation sites is 1. The number of carbonyl (C=O) groups excluding carboxylic acids is 2. The van der Waals surface area contributed by atoms with Crippen LogP contribution in [0.4, 0.5) is 0 Å². The molecular formula is C30H29N3O3. The topological polar surface area (TPSA) is 71.5 Å². The smallest absolute Gasteiger partial charge is 0.261 e. The number of hydrogen-bond acceptors (Lipinski definition) is 4. The first-order valence-corrected chi connectivity index (χ1v) is 11.9. The van der Waals surface area contributed by atoms with Gasteiger partial charge in [-0.1, -0.05) is 84.9 Å². The van der Waals surface area contributed by atoms with Crippen molar-refractivity contribution in [1.82, 2.24) is 15.2 Å². The molecule has 4 rings (SSSR count). The summed E-state index contributed by atoms with van der Waals surface area (Å²) >= 11 is 0. The molecule has 0 bridgehead atoms. The third-order valence-electron chi connectivity index (χ3n) is 5.74. The number of carbonyl (C=O) groups is 2. The first-order valence-electron chi connectivity index (χ1n) is 11.9. The van der Waals surface area contributed by atoms with Crippen LogP contribution >= 0.6 is 0 Å². The van der Waals surface area contributed by atoms with Gasteiger partial charge < -0.3 is 15.0 Å². The number of pyridine rings is 1. The van der Waals surface area contributed by atoms with Crippen molar-refractivity contribution in [3.63, 3.8) is 0 Å². The highest BCUT2D eigenvalue weighted by Crippen LogP contribution is 2.16. The number of rotatable bonds is 11. The largest absolute Gasteiger partial charge is 0.484 e. The normalized spacial score (nSPS) is 11.3. The molecule has 182 valence electrons. The summed E-state index contributed by atoms with van der Waals surface area (Å²) in [5.41, 5.74) is 2.64. The van der Waals surface area contributed by atoms with Gasteiger partial charge in [0.1, 0.15) is 11.8 Å². The van der Waals surface area contributed by atoms with Crippen molar-refractivity contribution in [3.8, 4) is 5.75 Å². The summed E-state index contributed by atoms with van der Waals surface area (Å²) in [6.07, 6.45) is 2.06. The summed E-state index contributed by atoms with van der Waals surface area (Å²) < 4.78 is 5.76.